The van der Waals surface area contributed by atoms with Crippen molar-refractivity contribution in [3.63, 3.8) is 0 Å². The summed E-state index contributed by atoms with van der Waals surface area (Å²) in [5, 5.41) is 8.98. The zero-order chi connectivity index (χ0) is 11.4. The van der Waals surface area contributed by atoms with Crippen molar-refractivity contribution >= 4 is 23.6 Å². The van der Waals surface area contributed by atoms with E-state index in [1.807, 2.05) is 0 Å². The number of rotatable bonds is 5. The molecule has 6 nitrogen and oxygen atoms in total. The smallest absolute Gasteiger partial charge is 0.313 e. The Morgan fingerprint density at radius 3 is 2.93 bits per heavy atom. The molecule has 0 aromatic carbocycles. The summed E-state index contributed by atoms with van der Waals surface area (Å²) in [5.74, 6) is -1.51. The Balaban J connectivity index is 2.77. The topological polar surface area (TPSA) is 98.2 Å². The molecule has 0 saturated heterocycles. The molecule has 0 radical (unpaired) electrons. The number of nitrogens with zero attached hydrogens (tertiary/aromatic N) is 2. The van der Waals surface area contributed by atoms with Crippen LogP contribution in [0.3, 0.4) is 0 Å². The van der Waals surface area contributed by atoms with E-state index in [9.17, 15) is 9.59 Å². The van der Waals surface area contributed by atoms with Crippen LogP contribution in [0.25, 0.3) is 0 Å². The maximum atomic E-state index is 10.9. The van der Waals surface area contributed by atoms with Crippen molar-refractivity contribution in [2.45, 2.75) is 18.1 Å². The number of thioether (sulfide) groups is 1. The number of carboxylic acid groups (broad SMARTS) is 1. The first-order valence-electron chi connectivity index (χ1n) is 4.19. The maximum absolute atomic E-state index is 10.9. The van der Waals surface area contributed by atoms with Crippen molar-refractivity contribution in [1.82, 2.24) is 9.55 Å². The van der Waals surface area contributed by atoms with Gasteiger partial charge in [0.15, 0.2) is 5.16 Å². The largest absolute Gasteiger partial charge is 0.481 e. The second kappa shape index (κ2) is 4.83. The maximum Gasteiger partial charge on any atom is 0.313 e. The zero-order valence-corrected chi connectivity index (χ0v) is 8.90. The molecular formula is C8H11N3O3S. The lowest BCUT2D eigenvalue weighted by molar-refractivity contribution is -0.133. The Bertz CT molecular complexity index is 377. The molecule has 1 atom stereocenters. The molecule has 3 N–H and O–H groups in total. The fraction of sp³-hybridized carbons (Fsp3) is 0.375. The summed E-state index contributed by atoms with van der Waals surface area (Å²) in [6.45, 7) is 1.63. The van der Waals surface area contributed by atoms with E-state index in [0.717, 1.165) is 11.8 Å². The highest BCUT2D eigenvalue weighted by molar-refractivity contribution is 7.99. The van der Waals surface area contributed by atoms with E-state index in [0.29, 0.717) is 5.16 Å². The first-order valence-corrected chi connectivity index (χ1v) is 5.17. The van der Waals surface area contributed by atoms with Crippen LogP contribution in [0.2, 0.25) is 0 Å². The molecule has 1 aromatic rings. The Labute approximate surface area is 90.5 Å². The Hall–Kier alpha value is -1.50. The number of hydrogen-bond donors (Lipinski definition) is 2. The summed E-state index contributed by atoms with van der Waals surface area (Å²) in [7, 11) is 0. The third kappa shape index (κ3) is 2.98. The van der Waals surface area contributed by atoms with Gasteiger partial charge in [0.2, 0.25) is 5.91 Å². The lowest BCUT2D eigenvalue weighted by Gasteiger charge is -2.11. The SMILES string of the molecule is CC(C(N)=O)n1ccnc1SCC(=O)O. The molecule has 0 spiro atoms. The summed E-state index contributed by atoms with van der Waals surface area (Å²) >= 11 is 1.05. The Morgan fingerprint density at radius 2 is 2.40 bits per heavy atom. The molecule has 0 aliphatic rings. The first kappa shape index (κ1) is 11.6. The molecule has 1 unspecified atom stereocenters. The Morgan fingerprint density at radius 1 is 1.73 bits per heavy atom. The van der Waals surface area contributed by atoms with Crippen molar-refractivity contribution in [2.24, 2.45) is 5.73 Å². The number of nitrogens with two attached hydrogens (primary N) is 1. The second-order valence-electron chi connectivity index (χ2n) is 2.88. The van der Waals surface area contributed by atoms with Gasteiger partial charge in [0.25, 0.3) is 0 Å². The van der Waals surface area contributed by atoms with Gasteiger partial charge in [-0.15, -0.1) is 0 Å². The number of primary amides is 1. The third-order valence-corrected chi connectivity index (χ3v) is 2.75. The van der Waals surface area contributed by atoms with Crippen molar-refractivity contribution < 1.29 is 14.7 Å². The number of amides is 1. The van der Waals surface area contributed by atoms with Crippen molar-refractivity contribution in [3.05, 3.63) is 12.4 Å². The summed E-state index contributed by atoms with van der Waals surface area (Å²) in [4.78, 5) is 25.2. The predicted octanol–water partition coefficient (Wildman–Crippen LogP) is 0.106. The second-order valence-corrected chi connectivity index (χ2v) is 3.82. The molecular weight excluding hydrogens is 218 g/mol. The van der Waals surface area contributed by atoms with E-state index in [-0.39, 0.29) is 5.75 Å². The van der Waals surface area contributed by atoms with E-state index in [1.54, 1.807) is 17.7 Å². The van der Waals surface area contributed by atoms with E-state index in [2.05, 4.69) is 4.98 Å². The van der Waals surface area contributed by atoms with E-state index < -0.39 is 17.9 Å². The molecule has 1 heterocycles. The summed E-state index contributed by atoms with van der Waals surface area (Å²) in [5.41, 5.74) is 5.14. The molecule has 0 aliphatic heterocycles. The van der Waals surface area contributed by atoms with Crippen LogP contribution in [-0.2, 0) is 9.59 Å². The van der Waals surface area contributed by atoms with Gasteiger partial charge in [0.05, 0.1) is 5.75 Å². The molecule has 0 saturated carbocycles. The predicted molar refractivity (Wildman–Crippen MR) is 54.5 cm³/mol. The standard InChI is InChI=1S/C8H11N3O3S/c1-5(7(9)14)11-3-2-10-8(11)15-4-6(12)13/h2-3,5H,4H2,1H3,(H2,9,14)(H,12,13). The highest BCUT2D eigenvalue weighted by Gasteiger charge is 2.15. The Kier molecular flexibility index (Phi) is 3.73. The molecule has 0 bridgehead atoms. The highest BCUT2D eigenvalue weighted by atomic mass is 32.2. The van der Waals surface area contributed by atoms with Crippen LogP contribution < -0.4 is 5.73 Å². The molecule has 1 amide bonds. The quantitative estimate of drug-likeness (QED) is 0.698. The van der Waals surface area contributed by atoms with Crippen LogP contribution >= 0.6 is 11.8 Å². The van der Waals surface area contributed by atoms with Crippen molar-refractivity contribution in [2.75, 3.05) is 5.75 Å². The van der Waals surface area contributed by atoms with Crippen LogP contribution in [-0.4, -0.2) is 32.3 Å². The van der Waals surface area contributed by atoms with Gasteiger partial charge in [0, 0.05) is 12.4 Å². The molecule has 1 rings (SSSR count). The zero-order valence-electron chi connectivity index (χ0n) is 8.08. The minimum Gasteiger partial charge on any atom is -0.481 e. The first-order chi connectivity index (χ1) is 7.02. The number of imidazole rings is 1. The fourth-order valence-electron chi connectivity index (χ4n) is 0.969. The van der Waals surface area contributed by atoms with Gasteiger partial charge in [-0.1, -0.05) is 11.8 Å². The molecule has 0 aliphatic carbocycles. The van der Waals surface area contributed by atoms with Gasteiger partial charge in [0.1, 0.15) is 6.04 Å². The average molecular weight is 229 g/mol. The van der Waals surface area contributed by atoms with Gasteiger partial charge in [-0.05, 0) is 6.92 Å². The molecule has 7 heteroatoms. The van der Waals surface area contributed by atoms with Crippen molar-refractivity contribution in [3.8, 4) is 0 Å². The lowest BCUT2D eigenvalue weighted by Crippen LogP contribution is -2.24. The minimum atomic E-state index is -0.929. The molecule has 15 heavy (non-hydrogen) atoms. The highest BCUT2D eigenvalue weighted by Crippen LogP contribution is 2.19. The lowest BCUT2D eigenvalue weighted by atomic mass is 10.3. The van der Waals surface area contributed by atoms with Crippen LogP contribution in [0, 0.1) is 0 Å². The summed E-state index contributed by atoms with van der Waals surface area (Å²) in [6, 6.07) is -0.524. The number of aliphatic carboxylic acids is 1. The van der Waals surface area contributed by atoms with E-state index in [4.69, 9.17) is 10.8 Å². The molecule has 1 aromatic heterocycles. The van der Waals surface area contributed by atoms with E-state index in [1.165, 1.54) is 6.20 Å². The monoisotopic (exact) mass is 229 g/mol. The minimum absolute atomic E-state index is 0.0947. The number of hydrogen-bond acceptors (Lipinski definition) is 4. The van der Waals surface area contributed by atoms with Gasteiger partial charge >= 0.3 is 5.97 Å². The van der Waals surface area contributed by atoms with Crippen LogP contribution in [0.1, 0.15) is 13.0 Å². The summed E-state index contributed by atoms with van der Waals surface area (Å²) in [6.07, 6.45) is 3.10. The third-order valence-electron chi connectivity index (χ3n) is 1.79. The number of carbonyl (C=O) groups excluding carboxylic acids is 1. The fourth-order valence-corrected chi connectivity index (χ4v) is 1.73. The van der Waals surface area contributed by atoms with Gasteiger partial charge in [-0.2, -0.15) is 0 Å². The molecule has 82 valence electrons. The number of carboxylic acids is 1. The number of aromatic nitrogens is 2. The summed E-state index contributed by atoms with van der Waals surface area (Å²) < 4.78 is 1.55. The van der Waals surface area contributed by atoms with Crippen LogP contribution in [0.15, 0.2) is 17.6 Å². The van der Waals surface area contributed by atoms with Crippen molar-refractivity contribution in [1.29, 1.82) is 0 Å². The van der Waals surface area contributed by atoms with Gasteiger partial charge in [-0.3, -0.25) is 9.59 Å². The van der Waals surface area contributed by atoms with Gasteiger partial charge < -0.3 is 15.4 Å². The molecule has 0 fully saturated rings. The van der Waals surface area contributed by atoms with Crippen LogP contribution in [0.5, 0.6) is 0 Å². The van der Waals surface area contributed by atoms with Gasteiger partial charge in [-0.25, -0.2) is 4.98 Å². The van der Waals surface area contributed by atoms with E-state index >= 15 is 0 Å². The average Bonchev–Trinajstić information content (AvgIpc) is 2.60. The normalized spacial score (nSPS) is 12.3. The number of carbonyl (C=O) groups is 2. The van der Waals surface area contributed by atoms with Crippen LogP contribution in [0.4, 0.5) is 0 Å².